The molecule has 0 amide bonds. The number of benzene rings is 2. The van der Waals surface area contributed by atoms with Crippen molar-refractivity contribution in [3.63, 3.8) is 0 Å². The Labute approximate surface area is 180 Å². The molecule has 0 atom stereocenters. The lowest BCUT2D eigenvalue weighted by Gasteiger charge is -2.22. The molecule has 32 heavy (non-hydrogen) atoms. The summed E-state index contributed by atoms with van der Waals surface area (Å²) in [5.41, 5.74) is -2.97. The van der Waals surface area contributed by atoms with Crippen molar-refractivity contribution in [2.24, 2.45) is 0 Å². The molecule has 1 aliphatic heterocycles. The van der Waals surface area contributed by atoms with Gasteiger partial charge in [0, 0.05) is 17.1 Å². The first-order valence-electron chi connectivity index (χ1n) is 8.99. The van der Waals surface area contributed by atoms with Crippen LogP contribution in [-0.4, -0.2) is 14.9 Å². The topological polar surface area (TPSA) is 67.1 Å². The average molecular weight is 476 g/mol. The molecule has 0 bridgehead atoms. The third kappa shape index (κ3) is 4.12. The first-order valence-corrected chi connectivity index (χ1v) is 9.37. The number of alkyl halides is 6. The zero-order chi connectivity index (χ0) is 23.4. The Balaban J connectivity index is 1.77. The SMILES string of the molecule is O=c1c2c(c(O)nn1Cc1cc(C(F)(F)F)cc(C(F)(F)F)c1)Nc1cc(Cl)ccc1C2. The van der Waals surface area contributed by atoms with Crippen LogP contribution < -0.4 is 10.9 Å². The number of fused-ring (bicyclic) bond motifs is 2. The molecule has 2 aromatic carbocycles. The first-order chi connectivity index (χ1) is 14.8. The summed E-state index contributed by atoms with van der Waals surface area (Å²) in [6, 6.07) is 5.83. The number of hydrogen-bond donors (Lipinski definition) is 2. The van der Waals surface area contributed by atoms with Crippen molar-refractivity contribution in [3.8, 4) is 5.88 Å². The monoisotopic (exact) mass is 475 g/mol. The van der Waals surface area contributed by atoms with Gasteiger partial charge in [-0.15, -0.1) is 5.10 Å². The molecule has 0 aliphatic carbocycles. The van der Waals surface area contributed by atoms with Crippen molar-refractivity contribution in [1.29, 1.82) is 0 Å². The van der Waals surface area contributed by atoms with E-state index in [0.717, 1.165) is 0 Å². The molecule has 0 fully saturated rings. The van der Waals surface area contributed by atoms with E-state index in [4.69, 9.17) is 11.6 Å². The second-order valence-corrected chi connectivity index (χ2v) is 7.59. The van der Waals surface area contributed by atoms with Gasteiger partial charge >= 0.3 is 12.4 Å². The Morgan fingerprint density at radius 1 is 1.03 bits per heavy atom. The fourth-order valence-electron chi connectivity index (χ4n) is 3.44. The van der Waals surface area contributed by atoms with Crippen LogP contribution in [0.25, 0.3) is 0 Å². The maximum atomic E-state index is 13.1. The fraction of sp³-hybridized carbons (Fsp3) is 0.200. The third-order valence-corrected chi connectivity index (χ3v) is 5.15. The smallest absolute Gasteiger partial charge is 0.416 e. The van der Waals surface area contributed by atoms with E-state index in [-0.39, 0.29) is 23.7 Å². The molecule has 4 rings (SSSR count). The van der Waals surface area contributed by atoms with Crippen molar-refractivity contribution in [2.75, 3.05) is 5.32 Å². The van der Waals surface area contributed by atoms with Crippen LogP contribution in [0.5, 0.6) is 5.88 Å². The van der Waals surface area contributed by atoms with Gasteiger partial charge in [0.05, 0.1) is 23.2 Å². The minimum Gasteiger partial charge on any atom is -0.491 e. The number of aromatic hydroxyl groups is 1. The maximum absolute atomic E-state index is 13.1. The van der Waals surface area contributed by atoms with E-state index in [2.05, 4.69) is 10.4 Å². The molecule has 0 spiro atoms. The van der Waals surface area contributed by atoms with Gasteiger partial charge in [0.1, 0.15) is 5.69 Å². The van der Waals surface area contributed by atoms with Crippen molar-refractivity contribution in [2.45, 2.75) is 25.3 Å². The van der Waals surface area contributed by atoms with E-state index in [0.29, 0.717) is 33.1 Å². The van der Waals surface area contributed by atoms with E-state index in [1.54, 1.807) is 18.2 Å². The second kappa shape index (κ2) is 7.44. The van der Waals surface area contributed by atoms with Crippen molar-refractivity contribution in [1.82, 2.24) is 9.78 Å². The first kappa shape index (κ1) is 22.0. The molecule has 168 valence electrons. The quantitative estimate of drug-likeness (QED) is 0.384. The van der Waals surface area contributed by atoms with E-state index in [9.17, 15) is 36.2 Å². The number of halogens is 7. The maximum Gasteiger partial charge on any atom is 0.416 e. The van der Waals surface area contributed by atoms with Gasteiger partial charge in [0.2, 0.25) is 0 Å². The summed E-state index contributed by atoms with van der Waals surface area (Å²) in [6.45, 7) is -0.708. The molecular weight excluding hydrogens is 464 g/mol. The molecule has 1 aliphatic rings. The number of hydrogen-bond acceptors (Lipinski definition) is 4. The Morgan fingerprint density at radius 2 is 1.66 bits per heavy atom. The second-order valence-electron chi connectivity index (χ2n) is 7.16. The van der Waals surface area contributed by atoms with Crippen LogP contribution in [0.1, 0.15) is 27.8 Å². The molecule has 0 radical (unpaired) electrons. The van der Waals surface area contributed by atoms with Crippen molar-refractivity contribution in [3.05, 3.63) is 79.6 Å². The highest BCUT2D eigenvalue weighted by Gasteiger charge is 2.37. The van der Waals surface area contributed by atoms with Gasteiger partial charge in [0.15, 0.2) is 0 Å². The van der Waals surface area contributed by atoms with E-state index < -0.39 is 47.0 Å². The highest BCUT2D eigenvalue weighted by atomic mass is 35.5. The number of aromatic nitrogens is 2. The molecular formula is C20H12ClF6N3O2. The van der Waals surface area contributed by atoms with Crippen molar-refractivity contribution >= 4 is 23.0 Å². The fourth-order valence-corrected chi connectivity index (χ4v) is 3.61. The largest absolute Gasteiger partial charge is 0.491 e. The minimum absolute atomic E-state index is 0.000962. The van der Waals surface area contributed by atoms with Gasteiger partial charge in [-0.1, -0.05) is 17.7 Å². The number of nitrogens with one attached hydrogen (secondary N) is 1. The zero-order valence-electron chi connectivity index (χ0n) is 15.8. The molecule has 3 aromatic rings. The summed E-state index contributed by atoms with van der Waals surface area (Å²) >= 11 is 5.94. The van der Waals surface area contributed by atoms with Gasteiger partial charge < -0.3 is 10.4 Å². The van der Waals surface area contributed by atoms with Gasteiger partial charge in [-0.3, -0.25) is 4.79 Å². The summed E-state index contributed by atoms with van der Waals surface area (Å²) in [5, 5.41) is 17.2. The third-order valence-electron chi connectivity index (χ3n) is 4.91. The highest BCUT2D eigenvalue weighted by Crippen LogP contribution is 2.38. The average Bonchev–Trinajstić information content (AvgIpc) is 2.69. The van der Waals surface area contributed by atoms with Crippen LogP contribution in [-0.2, 0) is 25.3 Å². The van der Waals surface area contributed by atoms with Gasteiger partial charge in [-0.05, 0) is 41.5 Å². The van der Waals surface area contributed by atoms with Crippen LogP contribution in [0.2, 0.25) is 5.02 Å². The summed E-state index contributed by atoms with van der Waals surface area (Å²) in [6.07, 6.45) is -10.00. The molecule has 1 aromatic heterocycles. The normalized spacial score (nSPS) is 13.3. The molecule has 2 N–H and O–H groups in total. The molecule has 12 heteroatoms. The number of anilines is 2. The summed E-state index contributed by atoms with van der Waals surface area (Å²) in [7, 11) is 0. The van der Waals surface area contributed by atoms with Crippen LogP contribution >= 0.6 is 11.6 Å². The summed E-state index contributed by atoms with van der Waals surface area (Å²) < 4.78 is 79.3. The summed E-state index contributed by atoms with van der Waals surface area (Å²) in [4.78, 5) is 12.9. The minimum atomic E-state index is -5.03. The zero-order valence-corrected chi connectivity index (χ0v) is 16.5. The number of rotatable bonds is 2. The van der Waals surface area contributed by atoms with E-state index >= 15 is 0 Å². The van der Waals surface area contributed by atoms with Crippen LogP contribution in [0.3, 0.4) is 0 Å². The summed E-state index contributed by atoms with van der Waals surface area (Å²) in [5.74, 6) is -0.631. The lowest BCUT2D eigenvalue weighted by atomic mass is 9.99. The molecule has 2 heterocycles. The lowest BCUT2D eigenvalue weighted by molar-refractivity contribution is -0.143. The van der Waals surface area contributed by atoms with Crippen LogP contribution in [0.4, 0.5) is 37.7 Å². The van der Waals surface area contributed by atoms with E-state index in [1.165, 1.54) is 0 Å². The van der Waals surface area contributed by atoms with E-state index in [1.807, 2.05) is 0 Å². The number of nitrogens with zero attached hydrogens (tertiary/aromatic N) is 2. The van der Waals surface area contributed by atoms with Gasteiger partial charge in [-0.25, -0.2) is 4.68 Å². The predicted molar refractivity (Wildman–Crippen MR) is 103 cm³/mol. The molecule has 0 unspecified atom stereocenters. The van der Waals surface area contributed by atoms with Crippen LogP contribution in [0.15, 0.2) is 41.2 Å². The Bertz CT molecular complexity index is 1250. The van der Waals surface area contributed by atoms with Crippen molar-refractivity contribution < 1.29 is 31.4 Å². The molecule has 5 nitrogen and oxygen atoms in total. The molecule has 0 saturated carbocycles. The van der Waals surface area contributed by atoms with Crippen LogP contribution in [0, 0.1) is 0 Å². The lowest BCUT2D eigenvalue weighted by Crippen LogP contribution is -2.29. The van der Waals surface area contributed by atoms with Gasteiger partial charge in [-0.2, -0.15) is 26.3 Å². The Morgan fingerprint density at radius 3 is 2.25 bits per heavy atom. The predicted octanol–water partition coefficient (Wildman–Crippen LogP) is 5.34. The highest BCUT2D eigenvalue weighted by molar-refractivity contribution is 6.30. The van der Waals surface area contributed by atoms with Gasteiger partial charge in [0.25, 0.3) is 11.4 Å². The molecule has 0 saturated heterocycles. The Kier molecular flexibility index (Phi) is 5.11. The standard InChI is InChI=1S/C20H12ClF6N3O2/c21-13-2-1-10-5-14-16(28-15(10)7-13)17(31)29-30(18(14)32)8-9-3-11(19(22,23)24)6-12(4-9)20(25,26)27/h1-4,6-7,28H,5,8H2,(H,29,31). The Hall–Kier alpha value is -3.21.